The van der Waals surface area contributed by atoms with Crippen molar-refractivity contribution in [3.63, 3.8) is 0 Å². The molecule has 0 bridgehead atoms. The summed E-state index contributed by atoms with van der Waals surface area (Å²) in [6.45, 7) is 3.14. The number of benzene rings is 2. The number of para-hydroxylation sites is 1. The first kappa shape index (κ1) is 11.3. The van der Waals surface area contributed by atoms with Crippen molar-refractivity contribution >= 4 is 11.4 Å². The third kappa shape index (κ3) is 1.79. The maximum atomic E-state index is 9.52. The number of rotatable bonds is 2. The lowest BCUT2D eigenvalue weighted by atomic mass is 10.1. The number of hydrogen-bond donors (Lipinski definition) is 1. The second kappa shape index (κ2) is 4.46. The SMILES string of the molecule is Cc1ccc(N2CCc3ccccc32)c(CO)c1. The van der Waals surface area contributed by atoms with Crippen LogP contribution in [0.15, 0.2) is 42.5 Å². The lowest BCUT2D eigenvalue weighted by Crippen LogP contribution is -2.15. The van der Waals surface area contributed by atoms with Crippen molar-refractivity contribution in [1.82, 2.24) is 0 Å². The quantitative estimate of drug-likeness (QED) is 0.870. The lowest BCUT2D eigenvalue weighted by Gasteiger charge is -2.22. The molecule has 0 fully saturated rings. The van der Waals surface area contributed by atoms with Crippen LogP contribution in [0.2, 0.25) is 0 Å². The van der Waals surface area contributed by atoms with Gasteiger partial charge in [-0.1, -0.05) is 35.9 Å². The van der Waals surface area contributed by atoms with Crippen LogP contribution in [0.3, 0.4) is 0 Å². The van der Waals surface area contributed by atoms with Crippen LogP contribution in [0.5, 0.6) is 0 Å². The van der Waals surface area contributed by atoms with Gasteiger partial charge in [0.2, 0.25) is 0 Å². The van der Waals surface area contributed by atoms with Gasteiger partial charge in [-0.2, -0.15) is 0 Å². The van der Waals surface area contributed by atoms with E-state index >= 15 is 0 Å². The molecule has 1 N–H and O–H groups in total. The zero-order valence-corrected chi connectivity index (χ0v) is 10.6. The Morgan fingerprint density at radius 1 is 1.11 bits per heavy atom. The Balaban J connectivity index is 2.07. The zero-order valence-electron chi connectivity index (χ0n) is 10.6. The zero-order chi connectivity index (χ0) is 12.5. The van der Waals surface area contributed by atoms with Crippen molar-refractivity contribution in [1.29, 1.82) is 0 Å². The first-order valence-electron chi connectivity index (χ1n) is 6.35. The third-order valence-electron chi connectivity index (χ3n) is 3.58. The molecule has 18 heavy (non-hydrogen) atoms. The first-order valence-corrected chi connectivity index (χ1v) is 6.35. The Morgan fingerprint density at radius 3 is 2.78 bits per heavy atom. The fraction of sp³-hybridized carbons (Fsp3) is 0.250. The second-order valence-corrected chi connectivity index (χ2v) is 4.82. The van der Waals surface area contributed by atoms with Crippen LogP contribution < -0.4 is 4.90 Å². The molecule has 1 aliphatic heterocycles. The highest BCUT2D eigenvalue weighted by atomic mass is 16.3. The number of nitrogens with zero attached hydrogens (tertiary/aromatic N) is 1. The minimum Gasteiger partial charge on any atom is -0.392 e. The lowest BCUT2D eigenvalue weighted by molar-refractivity contribution is 0.282. The van der Waals surface area contributed by atoms with E-state index in [1.165, 1.54) is 16.8 Å². The Morgan fingerprint density at radius 2 is 1.94 bits per heavy atom. The highest BCUT2D eigenvalue weighted by molar-refractivity contribution is 5.72. The van der Waals surface area contributed by atoms with Gasteiger partial charge in [-0.25, -0.2) is 0 Å². The van der Waals surface area contributed by atoms with Crippen LogP contribution in [0.25, 0.3) is 0 Å². The largest absolute Gasteiger partial charge is 0.392 e. The summed E-state index contributed by atoms with van der Waals surface area (Å²) in [5, 5.41) is 9.52. The van der Waals surface area contributed by atoms with Crippen LogP contribution in [0.1, 0.15) is 16.7 Å². The number of fused-ring (bicyclic) bond motifs is 1. The molecule has 0 atom stereocenters. The average molecular weight is 239 g/mol. The molecule has 0 saturated carbocycles. The summed E-state index contributed by atoms with van der Waals surface area (Å²) in [7, 11) is 0. The molecule has 2 aromatic rings. The smallest absolute Gasteiger partial charge is 0.0702 e. The van der Waals surface area contributed by atoms with E-state index in [-0.39, 0.29) is 6.61 Å². The van der Waals surface area contributed by atoms with Gasteiger partial charge in [0.1, 0.15) is 0 Å². The van der Waals surface area contributed by atoms with Crippen molar-refractivity contribution in [3.05, 3.63) is 59.2 Å². The molecule has 0 amide bonds. The third-order valence-corrected chi connectivity index (χ3v) is 3.58. The molecule has 0 spiro atoms. The predicted octanol–water partition coefficient (Wildman–Crippen LogP) is 3.18. The molecular weight excluding hydrogens is 222 g/mol. The molecule has 1 heterocycles. The van der Waals surface area contributed by atoms with Crippen molar-refractivity contribution in [3.8, 4) is 0 Å². The summed E-state index contributed by atoms with van der Waals surface area (Å²) in [4.78, 5) is 2.31. The van der Waals surface area contributed by atoms with Gasteiger partial charge in [0.25, 0.3) is 0 Å². The Kier molecular flexibility index (Phi) is 2.80. The van der Waals surface area contributed by atoms with Gasteiger partial charge in [0.05, 0.1) is 6.61 Å². The molecule has 0 aliphatic carbocycles. The second-order valence-electron chi connectivity index (χ2n) is 4.82. The summed E-state index contributed by atoms with van der Waals surface area (Å²) in [6, 6.07) is 14.8. The molecule has 0 aromatic heterocycles. The van der Waals surface area contributed by atoms with Crippen LogP contribution in [0.4, 0.5) is 11.4 Å². The van der Waals surface area contributed by atoms with Gasteiger partial charge < -0.3 is 10.0 Å². The standard InChI is InChI=1S/C16H17NO/c1-12-6-7-16(14(10-12)11-18)17-9-8-13-4-2-3-5-15(13)17/h2-7,10,18H,8-9,11H2,1H3. The number of aliphatic hydroxyl groups is 1. The molecule has 2 nitrogen and oxygen atoms in total. The molecule has 0 radical (unpaired) electrons. The molecular formula is C16H17NO. The van der Waals surface area contributed by atoms with Gasteiger partial charge in [-0.15, -0.1) is 0 Å². The summed E-state index contributed by atoms with van der Waals surface area (Å²) in [6.07, 6.45) is 1.08. The van der Waals surface area contributed by atoms with E-state index in [4.69, 9.17) is 0 Å². The van der Waals surface area contributed by atoms with Crippen LogP contribution >= 0.6 is 0 Å². The van der Waals surface area contributed by atoms with E-state index in [0.717, 1.165) is 24.2 Å². The topological polar surface area (TPSA) is 23.5 Å². The molecule has 3 rings (SSSR count). The Hall–Kier alpha value is -1.80. The van der Waals surface area contributed by atoms with Crippen molar-refractivity contribution in [2.75, 3.05) is 11.4 Å². The van der Waals surface area contributed by atoms with Crippen LogP contribution in [-0.2, 0) is 13.0 Å². The highest BCUT2D eigenvalue weighted by Gasteiger charge is 2.21. The number of aryl methyl sites for hydroxylation is 1. The molecule has 0 saturated heterocycles. The normalized spacial score (nSPS) is 13.8. The number of hydrogen-bond acceptors (Lipinski definition) is 2. The summed E-state index contributed by atoms with van der Waals surface area (Å²) >= 11 is 0. The molecule has 0 unspecified atom stereocenters. The van der Waals surface area contributed by atoms with E-state index in [9.17, 15) is 5.11 Å². The molecule has 2 aromatic carbocycles. The fourth-order valence-corrected chi connectivity index (χ4v) is 2.69. The van der Waals surface area contributed by atoms with E-state index in [2.05, 4.69) is 54.3 Å². The summed E-state index contributed by atoms with van der Waals surface area (Å²) in [5.74, 6) is 0. The Bertz CT molecular complexity index is 577. The minimum atomic E-state index is 0.0929. The molecule has 1 aliphatic rings. The maximum Gasteiger partial charge on any atom is 0.0702 e. The van der Waals surface area contributed by atoms with E-state index in [0.29, 0.717) is 0 Å². The van der Waals surface area contributed by atoms with Crippen LogP contribution in [0, 0.1) is 6.92 Å². The monoisotopic (exact) mass is 239 g/mol. The molecule has 92 valence electrons. The highest BCUT2D eigenvalue weighted by Crippen LogP contribution is 2.36. The van der Waals surface area contributed by atoms with Crippen LogP contribution in [-0.4, -0.2) is 11.7 Å². The summed E-state index contributed by atoms with van der Waals surface area (Å²) < 4.78 is 0. The predicted molar refractivity (Wildman–Crippen MR) is 74.3 cm³/mol. The summed E-state index contributed by atoms with van der Waals surface area (Å²) in [5.41, 5.74) is 5.99. The van der Waals surface area contributed by atoms with Gasteiger partial charge in [0.15, 0.2) is 0 Å². The number of aliphatic hydroxyl groups excluding tert-OH is 1. The van der Waals surface area contributed by atoms with Gasteiger partial charge >= 0.3 is 0 Å². The molecule has 2 heteroatoms. The number of anilines is 2. The van der Waals surface area contributed by atoms with Crippen molar-refractivity contribution < 1.29 is 5.11 Å². The van der Waals surface area contributed by atoms with E-state index in [1.54, 1.807) is 0 Å². The van der Waals surface area contributed by atoms with Gasteiger partial charge in [-0.3, -0.25) is 0 Å². The maximum absolute atomic E-state index is 9.52. The minimum absolute atomic E-state index is 0.0929. The van der Waals surface area contributed by atoms with Gasteiger partial charge in [-0.05, 0) is 31.0 Å². The van der Waals surface area contributed by atoms with E-state index < -0.39 is 0 Å². The van der Waals surface area contributed by atoms with Gasteiger partial charge in [0, 0.05) is 23.5 Å². The first-order chi connectivity index (χ1) is 8.79. The van der Waals surface area contributed by atoms with Crippen molar-refractivity contribution in [2.45, 2.75) is 20.0 Å². The van der Waals surface area contributed by atoms with Crippen molar-refractivity contribution in [2.24, 2.45) is 0 Å². The van der Waals surface area contributed by atoms with E-state index in [1.807, 2.05) is 0 Å². The fourth-order valence-electron chi connectivity index (χ4n) is 2.69. The Labute approximate surface area is 107 Å². The average Bonchev–Trinajstić information content (AvgIpc) is 2.82.